The Morgan fingerprint density at radius 3 is 2.55 bits per heavy atom. The molecule has 0 spiro atoms. The summed E-state index contributed by atoms with van der Waals surface area (Å²) >= 11 is 17.6. The second-order valence-electron chi connectivity index (χ2n) is 3.75. The van der Waals surface area contributed by atoms with Gasteiger partial charge in [-0.3, -0.25) is 4.79 Å². The Balaban J connectivity index is 1.96. The Morgan fingerprint density at radius 2 is 1.90 bits per heavy atom. The highest BCUT2D eigenvalue weighted by molar-refractivity contribution is 6.37. The van der Waals surface area contributed by atoms with Crippen molar-refractivity contribution in [1.29, 1.82) is 0 Å². The van der Waals surface area contributed by atoms with E-state index in [1.807, 2.05) is 0 Å². The number of hydrogen-bond acceptors (Lipinski definition) is 3. The molecule has 0 radical (unpaired) electrons. The summed E-state index contributed by atoms with van der Waals surface area (Å²) in [6.07, 6.45) is 1.49. The zero-order chi connectivity index (χ0) is 14.5. The Hall–Kier alpha value is -1.49. The van der Waals surface area contributed by atoms with Gasteiger partial charge >= 0.3 is 0 Å². The maximum Gasteiger partial charge on any atom is 0.262 e. The smallest absolute Gasteiger partial charge is 0.262 e. The molecular formula is C13H9Cl3N2O2. The molecule has 0 atom stereocenters. The minimum atomic E-state index is -0.358. The lowest BCUT2D eigenvalue weighted by Crippen LogP contribution is -2.20. The van der Waals surface area contributed by atoms with E-state index in [1.165, 1.54) is 12.3 Å². The van der Waals surface area contributed by atoms with E-state index >= 15 is 0 Å². The highest BCUT2D eigenvalue weighted by atomic mass is 35.5. The van der Waals surface area contributed by atoms with Gasteiger partial charge in [0, 0.05) is 11.9 Å². The molecule has 1 N–H and O–H groups in total. The molecule has 0 unspecified atom stereocenters. The Bertz CT molecular complexity index is 615. The molecule has 0 bridgehead atoms. The predicted octanol–water partition coefficient (Wildman–Crippen LogP) is 4.06. The molecule has 0 saturated heterocycles. The molecular weight excluding hydrogens is 323 g/mol. The SMILES string of the molecule is O=C(COc1c(Cl)cccc1Cl)Nc1ccnc(Cl)c1. The van der Waals surface area contributed by atoms with Crippen LogP contribution in [0.4, 0.5) is 5.69 Å². The number of pyridine rings is 1. The average molecular weight is 332 g/mol. The second kappa shape index (κ2) is 6.79. The molecule has 0 aliphatic heterocycles. The highest BCUT2D eigenvalue weighted by Gasteiger charge is 2.09. The van der Waals surface area contributed by atoms with Crippen LogP contribution < -0.4 is 10.1 Å². The molecule has 7 heteroatoms. The van der Waals surface area contributed by atoms with Crippen LogP contribution in [0, 0.1) is 0 Å². The molecule has 1 heterocycles. The number of ether oxygens (including phenoxy) is 1. The first-order valence-corrected chi connectivity index (χ1v) is 6.68. The topological polar surface area (TPSA) is 51.2 Å². The lowest BCUT2D eigenvalue weighted by molar-refractivity contribution is -0.118. The minimum Gasteiger partial charge on any atom is -0.481 e. The number of benzene rings is 1. The molecule has 0 aliphatic rings. The molecule has 0 saturated carbocycles. The molecule has 0 aliphatic carbocycles. The van der Waals surface area contributed by atoms with Gasteiger partial charge in [-0.2, -0.15) is 0 Å². The van der Waals surface area contributed by atoms with Crippen LogP contribution in [0.25, 0.3) is 0 Å². The van der Waals surface area contributed by atoms with Crippen molar-refractivity contribution in [1.82, 2.24) is 4.98 Å². The van der Waals surface area contributed by atoms with Crippen molar-refractivity contribution >= 4 is 46.4 Å². The van der Waals surface area contributed by atoms with E-state index in [-0.39, 0.29) is 23.4 Å². The number of carbonyl (C=O) groups excluding carboxylic acids is 1. The van der Waals surface area contributed by atoms with Gasteiger partial charge in [0.15, 0.2) is 12.4 Å². The van der Waals surface area contributed by atoms with Gasteiger partial charge in [0.25, 0.3) is 5.91 Å². The maximum absolute atomic E-state index is 11.7. The number of hydrogen-bond donors (Lipinski definition) is 1. The van der Waals surface area contributed by atoms with E-state index in [4.69, 9.17) is 39.5 Å². The fourth-order valence-electron chi connectivity index (χ4n) is 1.44. The summed E-state index contributed by atoms with van der Waals surface area (Å²) < 4.78 is 5.31. The van der Waals surface area contributed by atoms with Crippen molar-refractivity contribution in [3.8, 4) is 5.75 Å². The van der Waals surface area contributed by atoms with Crippen LogP contribution in [0.5, 0.6) is 5.75 Å². The lowest BCUT2D eigenvalue weighted by atomic mass is 10.3. The van der Waals surface area contributed by atoms with Crippen LogP contribution in [-0.4, -0.2) is 17.5 Å². The van der Waals surface area contributed by atoms with E-state index in [0.717, 1.165) is 0 Å². The number of amides is 1. The van der Waals surface area contributed by atoms with E-state index < -0.39 is 0 Å². The van der Waals surface area contributed by atoms with Crippen LogP contribution in [0.1, 0.15) is 0 Å². The summed E-state index contributed by atoms with van der Waals surface area (Å²) in [6.45, 7) is -0.219. The predicted molar refractivity (Wildman–Crippen MR) is 79.8 cm³/mol. The summed E-state index contributed by atoms with van der Waals surface area (Å²) in [7, 11) is 0. The van der Waals surface area contributed by atoms with Gasteiger partial charge < -0.3 is 10.1 Å². The minimum absolute atomic E-state index is 0.219. The third-order valence-electron chi connectivity index (χ3n) is 2.28. The number of anilines is 1. The third kappa shape index (κ3) is 4.00. The van der Waals surface area contributed by atoms with Gasteiger partial charge in [0.2, 0.25) is 0 Å². The average Bonchev–Trinajstić information content (AvgIpc) is 2.38. The fourth-order valence-corrected chi connectivity index (χ4v) is 2.12. The summed E-state index contributed by atoms with van der Waals surface area (Å²) in [5.74, 6) is -0.0815. The third-order valence-corrected chi connectivity index (χ3v) is 3.08. The summed E-state index contributed by atoms with van der Waals surface area (Å²) in [5, 5.41) is 3.60. The molecule has 104 valence electrons. The molecule has 2 aromatic rings. The number of nitrogens with zero attached hydrogens (tertiary/aromatic N) is 1. The van der Waals surface area contributed by atoms with Gasteiger partial charge in [0.1, 0.15) is 5.15 Å². The van der Waals surface area contributed by atoms with Crippen molar-refractivity contribution in [3.63, 3.8) is 0 Å². The van der Waals surface area contributed by atoms with E-state index in [2.05, 4.69) is 10.3 Å². The van der Waals surface area contributed by atoms with Gasteiger partial charge in [-0.25, -0.2) is 4.98 Å². The molecule has 1 aromatic carbocycles. The Labute approximate surface area is 130 Å². The van der Waals surface area contributed by atoms with Gasteiger partial charge in [-0.05, 0) is 24.3 Å². The monoisotopic (exact) mass is 330 g/mol. The number of rotatable bonds is 4. The Kier molecular flexibility index (Phi) is 5.06. The molecule has 1 aromatic heterocycles. The number of halogens is 3. The zero-order valence-corrected chi connectivity index (χ0v) is 12.3. The van der Waals surface area contributed by atoms with E-state index in [0.29, 0.717) is 15.7 Å². The van der Waals surface area contributed by atoms with Crippen molar-refractivity contribution < 1.29 is 9.53 Å². The van der Waals surface area contributed by atoms with Crippen molar-refractivity contribution in [2.45, 2.75) is 0 Å². The highest BCUT2D eigenvalue weighted by Crippen LogP contribution is 2.32. The van der Waals surface area contributed by atoms with Crippen LogP contribution >= 0.6 is 34.8 Å². The zero-order valence-electron chi connectivity index (χ0n) is 10.1. The maximum atomic E-state index is 11.7. The number of para-hydroxylation sites is 1. The first kappa shape index (κ1) is 14.9. The second-order valence-corrected chi connectivity index (χ2v) is 4.96. The van der Waals surface area contributed by atoms with Gasteiger partial charge in [-0.15, -0.1) is 0 Å². The standard InChI is InChI=1S/C13H9Cl3N2O2/c14-9-2-1-3-10(15)13(9)20-7-12(19)18-8-4-5-17-11(16)6-8/h1-6H,7H2,(H,17,18,19). The van der Waals surface area contributed by atoms with Crippen LogP contribution in [-0.2, 0) is 4.79 Å². The number of aromatic nitrogens is 1. The lowest BCUT2D eigenvalue weighted by Gasteiger charge is -2.10. The van der Waals surface area contributed by atoms with Crippen molar-refractivity contribution in [2.24, 2.45) is 0 Å². The summed E-state index contributed by atoms with van der Waals surface area (Å²) in [5.41, 5.74) is 0.531. The number of nitrogens with one attached hydrogen (secondary N) is 1. The Morgan fingerprint density at radius 1 is 1.20 bits per heavy atom. The summed E-state index contributed by atoms with van der Waals surface area (Å²) in [4.78, 5) is 15.5. The molecule has 4 nitrogen and oxygen atoms in total. The number of carbonyl (C=O) groups is 1. The van der Waals surface area contributed by atoms with Gasteiger partial charge in [0.05, 0.1) is 10.0 Å². The van der Waals surface area contributed by atoms with Crippen molar-refractivity contribution in [3.05, 3.63) is 51.7 Å². The van der Waals surface area contributed by atoms with Crippen LogP contribution in [0.15, 0.2) is 36.5 Å². The molecule has 1 amide bonds. The normalized spacial score (nSPS) is 10.2. The van der Waals surface area contributed by atoms with Crippen LogP contribution in [0.3, 0.4) is 0 Å². The van der Waals surface area contributed by atoms with Gasteiger partial charge in [-0.1, -0.05) is 40.9 Å². The van der Waals surface area contributed by atoms with E-state index in [1.54, 1.807) is 24.3 Å². The summed E-state index contributed by atoms with van der Waals surface area (Å²) in [6, 6.07) is 8.09. The quantitative estimate of drug-likeness (QED) is 0.860. The van der Waals surface area contributed by atoms with Crippen molar-refractivity contribution in [2.75, 3.05) is 11.9 Å². The largest absolute Gasteiger partial charge is 0.481 e. The fraction of sp³-hybridized carbons (Fsp3) is 0.0769. The molecule has 20 heavy (non-hydrogen) atoms. The van der Waals surface area contributed by atoms with E-state index in [9.17, 15) is 4.79 Å². The molecule has 0 fully saturated rings. The first-order valence-electron chi connectivity index (χ1n) is 5.54. The molecule has 2 rings (SSSR count). The van der Waals surface area contributed by atoms with Crippen LogP contribution in [0.2, 0.25) is 15.2 Å². The first-order chi connectivity index (χ1) is 9.56.